The highest BCUT2D eigenvalue weighted by Gasteiger charge is 2.26. The average molecular weight is 265 g/mol. The van der Waals surface area contributed by atoms with E-state index in [1.165, 1.54) is 90.9 Å². The lowest BCUT2D eigenvalue weighted by Gasteiger charge is -2.35. The molecule has 2 saturated heterocycles. The van der Waals surface area contributed by atoms with Crippen molar-refractivity contribution < 1.29 is 0 Å². The van der Waals surface area contributed by atoms with Gasteiger partial charge in [0.15, 0.2) is 0 Å². The van der Waals surface area contributed by atoms with Gasteiger partial charge in [-0.05, 0) is 70.0 Å². The Morgan fingerprint density at radius 1 is 0.895 bits per heavy atom. The van der Waals surface area contributed by atoms with Gasteiger partial charge in [-0.3, -0.25) is 0 Å². The first-order valence-corrected chi connectivity index (χ1v) is 8.55. The van der Waals surface area contributed by atoms with Crippen molar-refractivity contribution in [3.8, 4) is 0 Å². The zero-order valence-electron chi connectivity index (χ0n) is 12.4. The molecule has 0 radical (unpaired) electrons. The minimum atomic E-state index is 0.963. The maximum absolute atomic E-state index is 3.53. The molecule has 0 aromatic carbocycles. The highest BCUT2D eigenvalue weighted by Crippen LogP contribution is 2.29. The smallest absolute Gasteiger partial charge is 0.0110 e. The second-order valence-corrected chi connectivity index (χ2v) is 6.94. The van der Waals surface area contributed by atoms with E-state index in [0.29, 0.717) is 0 Å². The van der Waals surface area contributed by atoms with Gasteiger partial charge in [-0.2, -0.15) is 0 Å². The second-order valence-electron chi connectivity index (χ2n) is 6.94. The molecular weight excluding hydrogens is 234 g/mol. The monoisotopic (exact) mass is 265 g/mol. The molecule has 0 spiro atoms. The summed E-state index contributed by atoms with van der Waals surface area (Å²) >= 11 is 0. The normalized spacial score (nSPS) is 30.6. The molecule has 1 aliphatic carbocycles. The van der Waals surface area contributed by atoms with Gasteiger partial charge in [-0.1, -0.05) is 0 Å². The molecule has 1 unspecified atom stereocenters. The van der Waals surface area contributed by atoms with Crippen molar-refractivity contribution in [3.05, 3.63) is 0 Å². The Hall–Kier alpha value is -0.120. The van der Waals surface area contributed by atoms with E-state index in [2.05, 4.69) is 15.1 Å². The first-order valence-electron chi connectivity index (χ1n) is 8.55. The maximum Gasteiger partial charge on any atom is 0.0110 e. The standard InChI is InChI=1S/C16H31N3/c1-3-15(13-17-7-1)4-2-8-18-9-11-19(12-10-18)14-16-5-6-16/h15-17H,1-14H2. The predicted octanol–water partition coefficient (Wildman–Crippen LogP) is 1.79. The maximum atomic E-state index is 3.53. The van der Waals surface area contributed by atoms with Crippen LogP contribution in [0.15, 0.2) is 0 Å². The Kier molecular flexibility index (Phi) is 5.14. The third-order valence-corrected chi connectivity index (χ3v) is 5.16. The molecule has 2 aliphatic heterocycles. The number of nitrogens with zero attached hydrogens (tertiary/aromatic N) is 2. The van der Waals surface area contributed by atoms with Crippen molar-refractivity contribution in [2.24, 2.45) is 11.8 Å². The Morgan fingerprint density at radius 3 is 2.37 bits per heavy atom. The fourth-order valence-corrected chi connectivity index (χ4v) is 3.64. The molecule has 1 saturated carbocycles. The second kappa shape index (κ2) is 7.05. The zero-order chi connectivity index (χ0) is 12.9. The molecule has 3 nitrogen and oxygen atoms in total. The third kappa shape index (κ3) is 4.73. The minimum absolute atomic E-state index is 0.963. The van der Waals surface area contributed by atoms with Gasteiger partial charge in [0, 0.05) is 32.7 Å². The van der Waals surface area contributed by atoms with Crippen molar-refractivity contribution in [3.63, 3.8) is 0 Å². The molecule has 19 heavy (non-hydrogen) atoms. The summed E-state index contributed by atoms with van der Waals surface area (Å²) in [5.41, 5.74) is 0. The van der Waals surface area contributed by atoms with E-state index in [9.17, 15) is 0 Å². The van der Waals surface area contributed by atoms with Gasteiger partial charge in [-0.25, -0.2) is 0 Å². The van der Waals surface area contributed by atoms with Crippen LogP contribution in [-0.2, 0) is 0 Å². The van der Waals surface area contributed by atoms with Gasteiger partial charge < -0.3 is 15.1 Å². The Morgan fingerprint density at radius 2 is 1.68 bits per heavy atom. The van der Waals surface area contributed by atoms with Crippen LogP contribution in [0.3, 0.4) is 0 Å². The van der Waals surface area contributed by atoms with Crippen molar-refractivity contribution in [2.75, 3.05) is 52.4 Å². The molecule has 0 bridgehead atoms. The summed E-state index contributed by atoms with van der Waals surface area (Å²) in [6.45, 7) is 10.5. The number of piperazine rings is 1. The molecule has 110 valence electrons. The third-order valence-electron chi connectivity index (χ3n) is 5.16. The summed E-state index contributed by atoms with van der Waals surface area (Å²) in [6.07, 6.45) is 8.70. The summed E-state index contributed by atoms with van der Waals surface area (Å²) < 4.78 is 0. The van der Waals surface area contributed by atoms with Crippen LogP contribution in [-0.4, -0.2) is 62.2 Å². The van der Waals surface area contributed by atoms with Gasteiger partial charge in [0.1, 0.15) is 0 Å². The fourth-order valence-electron chi connectivity index (χ4n) is 3.64. The average Bonchev–Trinajstić information content (AvgIpc) is 3.26. The molecule has 3 fully saturated rings. The predicted molar refractivity (Wildman–Crippen MR) is 80.4 cm³/mol. The van der Waals surface area contributed by atoms with Gasteiger partial charge in [0.05, 0.1) is 0 Å². The molecule has 0 aromatic rings. The summed E-state index contributed by atoms with van der Waals surface area (Å²) in [5, 5.41) is 3.53. The van der Waals surface area contributed by atoms with Crippen molar-refractivity contribution in [1.29, 1.82) is 0 Å². The Balaban J connectivity index is 1.25. The summed E-state index contributed by atoms with van der Waals surface area (Å²) in [4.78, 5) is 5.39. The lowest BCUT2D eigenvalue weighted by atomic mass is 9.94. The van der Waals surface area contributed by atoms with Crippen LogP contribution in [0.25, 0.3) is 0 Å². The molecule has 3 heteroatoms. The van der Waals surface area contributed by atoms with Gasteiger partial charge in [0.2, 0.25) is 0 Å². The van der Waals surface area contributed by atoms with E-state index >= 15 is 0 Å². The number of hydrogen-bond donors (Lipinski definition) is 1. The molecule has 3 rings (SSSR count). The quantitative estimate of drug-likeness (QED) is 0.790. The van der Waals surface area contributed by atoms with E-state index < -0.39 is 0 Å². The van der Waals surface area contributed by atoms with E-state index in [1.807, 2.05) is 0 Å². The summed E-state index contributed by atoms with van der Waals surface area (Å²) in [6, 6.07) is 0. The van der Waals surface area contributed by atoms with Crippen molar-refractivity contribution >= 4 is 0 Å². The first kappa shape index (κ1) is 13.8. The molecule has 1 N–H and O–H groups in total. The van der Waals surface area contributed by atoms with Crippen LogP contribution >= 0.6 is 0 Å². The van der Waals surface area contributed by atoms with Crippen LogP contribution < -0.4 is 5.32 Å². The molecule has 0 aromatic heterocycles. The van der Waals surface area contributed by atoms with Gasteiger partial charge in [-0.15, -0.1) is 0 Å². The number of rotatable bonds is 6. The highest BCUT2D eigenvalue weighted by atomic mass is 15.3. The SMILES string of the molecule is C1CNCC(CCCN2CCN(CC3CC3)CC2)C1. The van der Waals surface area contributed by atoms with E-state index in [1.54, 1.807) is 0 Å². The Labute approximate surface area is 118 Å². The fraction of sp³-hybridized carbons (Fsp3) is 1.00. The molecular formula is C16H31N3. The van der Waals surface area contributed by atoms with Crippen LogP contribution in [0.4, 0.5) is 0 Å². The molecule has 0 amide bonds. The number of piperidine rings is 1. The lowest BCUT2D eigenvalue weighted by molar-refractivity contribution is 0.125. The van der Waals surface area contributed by atoms with E-state index in [0.717, 1.165) is 11.8 Å². The highest BCUT2D eigenvalue weighted by molar-refractivity contribution is 4.80. The zero-order valence-corrected chi connectivity index (χ0v) is 12.4. The van der Waals surface area contributed by atoms with Crippen LogP contribution in [0, 0.1) is 11.8 Å². The van der Waals surface area contributed by atoms with Crippen LogP contribution in [0.2, 0.25) is 0 Å². The number of hydrogen-bond acceptors (Lipinski definition) is 3. The molecule has 2 heterocycles. The minimum Gasteiger partial charge on any atom is -0.316 e. The first-order chi connectivity index (χ1) is 9.40. The summed E-state index contributed by atoms with van der Waals surface area (Å²) in [5.74, 6) is 2.02. The topological polar surface area (TPSA) is 18.5 Å². The number of nitrogens with one attached hydrogen (secondary N) is 1. The largest absolute Gasteiger partial charge is 0.316 e. The van der Waals surface area contributed by atoms with Crippen molar-refractivity contribution in [2.45, 2.75) is 38.5 Å². The van der Waals surface area contributed by atoms with E-state index in [4.69, 9.17) is 0 Å². The summed E-state index contributed by atoms with van der Waals surface area (Å²) in [7, 11) is 0. The Bertz CT molecular complexity index is 251. The molecule has 1 atom stereocenters. The van der Waals surface area contributed by atoms with Crippen molar-refractivity contribution in [1.82, 2.24) is 15.1 Å². The molecule has 3 aliphatic rings. The van der Waals surface area contributed by atoms with Gasteiger partial charge >= 0.3 is 0 Å². The van der Waals surface area contributed by atoms with E-state index in [-0.39, 0.29) is 0 Å². The van der Waals surface area contributed by atoms with Gasteiger partial charge in [0.25, 0.3) is 0 Å². The lowest BCUT2D eigenvalue weighted by Crippen LogP contribution is -2.47. The van der Waals surface area contributed by atoms with Crippen LogP contribution in [0.1, 0.15) is 38.5 Å². The van der Waals surface area contributed by atoms with Crippen LogP contribution in [0.5, 0.6) is 0 Å².